The number of anilines is 1. The molecule has 1 aromatic heterocycles. The van der Waals surface area contributed by atoms with E-state index in [4.69, 9.17) is 5.73 Å². The number of hydrogen-bond donors (Lipinski definition) is 3. The van der Waals surface area contributed by atoms with E-state index >= 15 is 0 Å². The van der Waals surface area contributed by atoms with Gasteiger partial charge in [-0.2, -0.15) is 0 Å². The molecule has 0 saturated carbocycles. The molecule has 0 aliphatic carbocycles. The highest BCUT2D eigenvalue weighted by molar-refractivity contribution is 8.00. The second-order valence-electron chi connectivity index (χ2n) is 5.29. The molecule has 2 aliphatic heterocycles. The number of aliphatic carboxylic acids is 1. The van der Waals surface area contributed by atoms with Crippen molar-refractivity contribution in [1.82, 2.24) is 15.2 Å². The van der Waals surface area contributed by atoms with Crippen molar-refractivity contribution in [2.45, 2.75) is 23.9 Å². The van der Waals surface area contributed by atoms with Crippen molar-refractivity contribution < 1.29 is 24.3 Å². The molecule has 0 aromatic carbocycles. The lowest BCUT2D eigenvalue weighted by Crippen LogP contribution is -2.74. The van der Waals surface area contributed by atoms with Crippen molar-refractivity contribution in [3.05, 3.63) is 11.1 Å². The number of thiazole rings is 1. The largest absolute Gasteiger partial charge is 0.480 e. The number of aromatic nitrogens is 1. The predicted octanol–water partition coefficient (Wildman–Crippen LogP) is -0.681. The van der Waals surface area contributed by atoms with Crippen LogP contribution >= 0.6 is 23.1 Å². The van der Waals surface area contributed by atoms with Crippen LogP contribution in [0.5, 0.6) is 0 Å². The molecule has 3 unspecified atom stereocenters. The van der Waals surface area contributed by atoms with E-state index < -0.39 is 35.2 Å². The summed E-state index contributed by atoms with van der Waals surface area (Å²) in [7, 11) is 1.29. The minimum absolute atomic E-state index is 0.0997. The number of carbonyl (C=O) groups is 3. The topological polar surface area (TPSA) is 147 Å². The van der Waals surface area contributed by atoms with Gasteiger partial charge in [-0.25, -0.2) is 9.78 Å². The van der Waals surface area contributed by atoms with Gasteiger partial charge < -0.3 is 25.9 Å². The van der Waals surface area contributed by atoms with Crippen molar-refractivity contribution in [2.75, 3.05) is 18.6 Å². The summed E-state index contributed by atoms with van der Waals surface area (Å²) in [6, 6.07) is -1.66. The van der Waals surface area contributed by atoms with Crippen LogP contribution in [0.4, 0.5) is 5.13 Å². The van der Waals surface area contributed by atoms with Gasteiger partial charge in [-0.15, -0.1) is 23.1 Å². The fraction of sp³-hybridized carbons (Fsp3) is 0.462. The summed E-state index contributed by atoms with van der Waals surface area (Å²) in [6.45, 7) is 0. The molecule has 2 fully saturated rings. The third-order valence-electron chi connectivity index (χ3n) is 3.83. The van der Waals surface area contributed by atoms with E-state index in [1.165, 1.54) is 23.8 Å². The molecule has 2 aliphatic rings. The van der Waals surface area contributed by atoms with Crippen molar-refractivity contribution >= 4 is 51.7 Å². The van der Waals surface area contributed by atoms with Crippen LogP contribution in [0, 0.1) is 0 Å². The smallest absolute Gasteiger partial charge is 0.326 e. The number of amides is 2. The van der Waals surface area contributed by atoms with Crippen molar-refractivity contribution in [1.29, 1.82) is 0 Å². The Labute approximate surface area is 150 Å². The van der Waals surface area contributed by atoms with Crippen molar-refractivity contribution in [3.8, 4) is 0 Å². The number of hydrogen-bond acceptors (Lipinski definition) is 9. The molecular formula is C13H15N5O5S2. The number of nitrogens with zero attached hydrogens (tertiary/aromatic N) is 3. The minimum atomic E-state index is -1.04. The number of nitrogens with two attached hydrogens (primary N) is 1. The summed E-state index contributed by atoms with van der Waals surface area (Å²) in [5.74, 6) is -1.50. The number of carbonyl (C=O) groups excluding carboxylic acids is 2. The van der Waals surface area contributed by atoms with Crippen LogP contribution in [0.2, 0.25) is 0 Å². The summed E-state index contributed by atoms with van der Waals surface area (Å²) in [5, 5.41) is 16.9. The fourth-order valence-electron chi connectivity index (χ4n) is 2.71. The number of carboxylic acid groups (broad SMARTS) is 1. The molecule has 12 heteroatoms. The van der Waals surface area contributed by atoms with Crippen LogP contribution < -0.4 is 11.1 Å². The van der Waals surface area contributed by atoms with Gasteiger partial charge >= 0.3 is 5.97 Å². The first kappa shape index (κ1) is 17.5. The quantitative estimate of drug-likeness (QED) is 0.343. The summed E-state index contributed by atoms with van der Waals surface area (Å²) >= 11 is 2.58. The molecule has 3 rings (SSSR count). The maximum Gasteiger partial charge on any atom is 0.326 e. The van der Waals surface area contributed by atoms with Gasteiger partial charge in [-0.3, -0.25) is 9.59 Å². The second-order valence-corrected chi connectivity index (χ2v) is 7.41. The van der Waals surface area contributed by atoms with Gasteiger partial charge in [0.05, 0.1) is 0 Å². The zero-order valence-electron chi connectivity index (χ0n) is 13.0. The summed E-state index contributed by atoms with van der Waals surface area (Å²) in [4.78, 5) is 46.0. The Balaban J connectivity index is 1.73. The predicted molar refractivity (Wildman–Crippen MR) is 91.1 cm³/mol. The zero-order chi connectivity index (χ0) is 18.1. The minimum Gasteiger partial charge on any atom is -0.480 e. The molecule has 2 amide bonds. The number of rotatable bonds is 5. The van der Waals surface area contributed by atoms with Crippen LogP contribution in [0.25, 0.3) is 0 Å². The summed E-state index contributed by atoms with van der Waals surface area (Å²) in [6.07, 6.45) is 0.386. The van der Waals surface area contributed by atoms with Gasteiger partial charge in [0.1, 0.15) is 30.3 Å². The maximum atomic E-state index is 12.5. The molecule has 134 valence electrons. The lowest BCUT2D eigenvalue weighted by atomic mass is 10.0. The lowest BCUT2D eigenvalue weighted by molar-refractivity contribution is -0.162. The Bertz CT molecular complexity index is 751. The highest BCUT2D eigenvalue weighted by Gasteiger charge is 2.55. The molecule has 0 bridgehead atoms. The number of oxime groups is 1. The zero-order valence-corrected chi connectivity index (χ0v) is 14.7. The van der Waals surface area contributed by atoms with E-state index in [1.807, 2.05) is 0 Å². The lowest BCUT2D eigenvalue weighted by Gasteiger charge is -2.51. The number of carboxylic acids is 1. The number of nitrogen functional groups attached to an aromatic ring is 1. The molecule has 0 spiro atoms. The molecular weight excluding hydrogens is 370 g/mol. The standard InChI is InChI=1S/C13H15N5O5S2/c1-23-17-7(5-4-25-13(14)15-5)9(19)16-8-10(20)18-6(12(21)22)2-3-24-11(8)18/h4,6,8,11H,2-3H2,1H3,(H2,14,15)(H,16,19)(H,21,22)/b17-7-. The molecule has 1 aromatic rings. The van der Waals surface area contributed by atoms with Gasteiger partial charge in [0.25, 0.3) is 5.91 Å². The second kappa shape index (κ2) is 6.88. The molecule has 3 heterocycles. The van der Waals surface area contributed by atoms with Crippen LogP contribution in [0.1, 0.15) is 12.1 Å². The molecule has 0 radical (unpaired) electrons. The number of thioether (sulfide) groups is 1. The Hall–Kier alpha value is -2.34. The third kappa shape index (κ3) is 3.14. The third-order valence-corrected chi connectivity index (χ3v) is 5.82. The van der Waals surface area contributed by atoms with Crippen LogP contribution in [0.3, 0.4) is 0 Å². The first-order valence-electron chi connectivity index (χ1n) is 7.24. The van der Waals surface area contributed by atoms with Crippen molar-refractivity contribution in [2.24, 2.45) is 5.16 Å². The summed E-state index contributed by atoms with van der Waals surface area (Å²) < 4.78 is 0. The van der Waals surface area contributed by atoms with Gasteiger partial charge in [-0.1, -0.05) is 5.16 Å². The van der Waals surface area contributed by atoms with E-state index in [2.05, 4.69) is 20.3 Å². The first-order valence-corrected chi connectivity index (χ1v) is 9.17. The van der Waals surface area contributed by atoms with Crippen LogP contribution in [0.15, 0.2) is 10.5 Å². The Morgan fingerprint density at radius 3 is 2.92 bits per heavy atom. The Kier molecular flexibility index (Phi) is 4.81. The Morgan fingerprint density at radius 1 is 1.56 bits per heavy atom. The number of nitrogens with one attached hydrogen (secondary N) is 1. The molecule has 10 nitrogen and oxygen atoms in total. The maximum absolute atomic E-state index is 12.5. The van der Waals surface area contributed by atoms with Crippen LogP contribution in [-0.2, 0) is 19.2 Å². The average Bonchev–Trinajstić information content (AvgIpc) is 3.02. The molecule has 25 heavy (non-hydrogen) atoms. The van der Waals surface area contributed by atoms with E-state index in [0.29, 0.717) is 12.2 Å². The normalized spacial score (nSPS) is 25.8. The summed E-state index contributed by atoms with van der Waals surface area (Å²) in [5.41, 5.74) is 5.71. The first-order chi connectivity index (χ1) is 11.9. The molecule has 2 saturated heterocycles. The monoisotopic (exact) mass is 385 g/mol. The Morgan fingerprint density at radius 2 is 2.32 bits per heavy atom. The SMILES string of the molecule is CO/N=C(\C(=O)NC1C(=O)N2C(C(=O)O)CCSC12)c1csc(N)n1. The molecule has 3 atom stereocenters. The highest BCUT2D eigenvalue weighted by atomic mass is 32.2. The average molecular weight is 385 g/mol. The van der Waals surface area contributed by atoms with Crippen molar-refractivity contribution in [3.63, 3.8) is 0 Å². The van der Waals surface area contributed by atoms with E-state index in [9.17, 15) is 19.5 Å². The van der Waals surface area contributed by atoms with E-state index in [-0.39, 0.29) is 16.5 Å². The highest BCUT2D eigenvalue weighted by Crippen LogP contribution is 2.38. The van der Waals surface area contributed by atoms with E-state index in [0.717, 1.165) is 11.3 Å². The van der Waals surface area contributed by atoms with Gasteiger partial charge in [0, 0.05) is 5.38 Å². The molecule has 4 N–H and O–H groups in total. The number of β-lactam (4-membered cyclic amide) rings is 1. The number of fused-ring (bicyclic) bond motifs is 1. The van der Waals surface area contributed by atoms with Gasteiger partial charge in [0.2, 0.25) is 5.91 Å². The van der Waals surface area contributed by atoms with Gasteiger partial charge in [0.15, 0.2) is 10.8 Å². The van der Waals surface area contributed by atoms with E-state index in [1.54, 1.807) is 5.38 Å². The fourth-order valence-corrected chi connectivity index (χ4v) is 4.65. The van der Waals surface area contributed by atoms with Gasteiger partial charge in [-0.05, 0) is 12.2 Å². The van der Waals surface area contributed by atoms with Crippen LogP contribution in [-0.4, -0.2) is 68.8 Å².